The quantitative estimate of drug-likeness (QED) is 0.497. The second-order valence-corrected chi connectivity index (χ2v) is 7.23. The van der Waals surface area contributed by atoms with Gasteiger partial charge in [0.05, 0.1) is 25.5 Å². The van der Waals surface area contributed by atoms with Crippen LogP contribution in [-0.4, -0.2) is 31.4 Å². The second-order valence-electron chi connectivity index (χ2n) is 6.16. The summed E-state index contributed by atoms with van der Waals surface area (Å²) < 4.78 is 10.0. The lowest BCUT2D eigenvalue weighted by Crippen LogP contribution is -2.02. The van der Waals surface area contributed by atoms with Crippen molar-refractivity contribution in [3.8, 4) is 17.0 Å². The molecular formula is C21H18N2O3S. The fourth-order valence-corrected chi connectivity index (χ4v) is 4.03. The summed E-state index contributed by atoms with van der Waals surface area (Å²) in [7, 11) is 3.06. The van der Waals surface area contributed by atoms with Gasteiger partial charge in [-0.2, -0.15) is 0 Å². The molecule has 2 aromatic carbocycles. The standard InChI is InChI=1S/C21H18N2O3S/c1-25-16-8-9-17-15(11-16)7-10-18-19(17)23-21(27-18)22-12-13-3-5-14(6-4-13)20(24)26-2/h3-6,8-9,11-12H,7,10H2,1-2H3/b22-12+. The summed E-state index contributed by atoms with van der Waals surface area (Å²) in [6.45, 7) is 0. The number of thiazole rings is 1. The number of hydrogen-bond donors (Lipinski definition) is 0. The Morgan fingerprint density at radius 2 is 1.96 bits per heavy atom. The number of hydrogen-bond acceptors (Lipinski definition) is 6. The Labute approximate surface area is 161 Å². The Hall–Kier alpha value is -2.99. The lowest BCUT2D eigenvalue weighted by atomic mass is 9.93. The zero-order chi connectivity index (χ0) is 18.8. The molecule has 1 heterocycles. The minimum absolute atomic E-state index is 0.346. The van der Waals surface area contributed by atoms with E-state index in [1.807, 2.05) is 18.2 Å². The molecule has 0 aliphatic heterocycles. The zero-order valence-corrected chi connectivity index (χ0v) is 15.9. The summed E-state index contributed by atoms with van der Waals surface area (Å²) in [5, 5.41) is 0.737. The van der Waals surface area contributed by atoms with Crippen molar-refractivity contribution in [2.24, 2.45) is 4.99 Å². The molecule has 0 radical (unpaired) electrons. The van der Waals surface area contributed by atoms with Crippen molar-refractivity contribution in [3.63, 3.8) is 0 Å². The highest BCUT2D eigenvalue weighted by molar-refractivity contribution is 7.15. The van der Waals surface area contributed by atoms with E-state index in [1.165, 1.54) is 17.6 Å². The molecule has 0 spiro atoms. The van der Waals surface area contributed by atoms with Gasteiger partial charge in [-0.1, -0.05) is 23.5 Å². The number of ether oxygens (including phenoxy) is 2. The molecule has 136 valence electrons. The lowest BCUT2D eigenvalue weighted by molar-refractivity contribution is 0.0600. The number of carbonyl (C=O) groups excluding carboxylic acids is 1. The maximum atomic E-state index is 11.5. The molecule has 0 saturated carbocycles. The summed E-state index contributed by atoms with van der Waals surface area (Å²) in [5.41, 5.74) is 4.88. The van der Waals surface area contributed by atoms with Crippen molar-refractivity contribution >= 4 is 28.7 Å². The number of aliphatic imine (C=N–C) groups is 1. The first kappa shape index (κ1) is 17.4. The van der Waals surface area contributed by atoms with Gasteiger partial charge >= 0.3 is 5.97 Å². The first-order chi connectivity index (χ1) is 13.2. The molecule has 0 amide bonds. The fourth-order valence-electron chi connectivity index (χ4n) is 3.11. The van der Waals surface area contributed by atoms with Crippen LogP contribution in [0.2, 0.25) is 0 Å². The minimum Gasteiger partial charge on any atom is -0.497 e. The van der Waals surface area contributed by atoms with Crippen LogP contribution >= 0.6 is 11.3 Å². The van der Waals surface area contributed by atoms with Gasteiger partial charge in [0.25, 0.3) is 0 Å². The van der Waals surface area contributed by atoms with Gasteiger partial charge in [0, 0.05) is 16.7 Å². The van der Waals surface area contributed by atoms with Crippen molar-refractivity contribution < 1.29 is 14.3 Å². The number of esters is 1. The number of aryl methyl sites for hydroxylation is 2. The minimum atomic E-state index is -0.346. The van der Waals surface area contributed by atoms with E-state index in [9.17, 15) is 4.79 Å². The molecule has 0 saturated heterocycles. The predicted molar refractivity (Wildman–Crippen MR) is 107 cm³/mol. The Morgan fingerprint density at radius 1 is 1.15 bits per heavy atom. The van der Waals surface area contributed by atoms with Crippen LogP contribution in [0.1, 0.15) is 26.4 Å². The van der Waals surface area contributed by atoms with Crippen LogP contribution in [0.5, 0.6) is 5.75 Å². The molecule has 27 heavy (non-hydrogen) atoms. The van der Waals surface area contributed by atoms with Crippen LogP contribution in [0.25, 0.3) is 11.3 Å². The molecule has 0 bridgehead atoms. The number of fused-ring (bicyclic) bond motifs is 3. The number of nitrogens with zero attached hydrogens (tertiary/aromatic N) is 2. The molecule has 3 aromatic rings. The lowest BCUT2D eigenvalue weighted by Gasteiger charge is -2.15. The van der Waals surface area contributed by atoms with Crippen molar-refractivity contribution in [2.45, 2.75) is 12.8 Å². The number of benzene rings is 2. The van der Waals surface area contributed by atoms with Gasteiger partial charge in [-0.15, -0.1) is 0 Å². The Bertz CT molecular complexity index is 1020. The predicted octanol–water partition coefficient (Wildman–Crippen LogP) is 4.45. The van der Waals surface area contributed by atoms with Crippen molar-refractivity contribution in [1.29, 1.82) is 0 Å². The molecule has 1 aliphatic carbocycles. The maximum Gasteiger partial charge on any atom is 0.337 e. The third-order valence-electron chi connectivity index (χ3n) is 4.53. The highest BCUT2D eigenvalue weighted by Crippen LogP contribution is 2.40. The van der Waals surface area contributed by atoms with Crippen LogP contribution in [0, 0.1) is 0 Å². The van der Waals surface area contributed by atoms with E-state index in [0.717, 1.165) is 40.5 Å². The molecule has 6 heteroatoms. The van der Waals surface area contributed by atoms with Crippen molar-refractivity contribution in [3.05, 3.63) is 64.0 Å². The van der Waals surface area contributed by atoms with E-state index >= 15 is 0 Å². The largest absolute Gasteiger partial charge is 0.497 e. The first-order valence-corrected chi connectivity index (χ1v) is 9.39. The van der Waals surface area contributed by atoms with E-state index in [1.54, 1.807) is 36.8 Å². The monoisotopic (exact) mass is 378 g/mol. The number of aromatic nitrogens is 1. The van der Waals surface area contributed by atoms with Gasteiger partial charge in [-0.25, -0.2) is 14.8 Å². The molecule has 5 nitrogen and oxygen atoms in total. The third kappa shape index (κ3) is 3.48. The summed E-state index contributed by atoms with van der Waals surface area (Å²) in [5.74, 6) is 0.530. The molecule has 0 fully saturated rings. The molecule has 0 atom stereocenters. The molecular weight excluding hydrogens is 360 g/mol. The highest BCUT2D eigenvalue weighted by atomic mass is 32.1. The fraction of sp³-hybridized carbons (Fsp3) is 0.190. The normalized spacial score (nSPS) is 12.5. The maximum absolute atomic E-state index is 11.5. The van der Waals surface area contributed by atoms with Crippen LogP contribution in [0.15, 0.2) is 47.5 Å². The van der Waals surface area contributed by atoms with Gasteiger partial charge < -0.3 is 9.47 Å². The Balaban J connectivity index is 1.57. The smallest absolute Gasteiger partial charge is 0.337 e. The Kier molecular flexibility index (Phi) is 4.73. The average Bonchev–Trinajstić information content (AvgIpc) is 3.15. The average molecular weight is 378 g/mol. The van der Waals surface area contributed by atoms with Crippen LogP contribution in [-0.2, 0) is 17.6 Å². The third-order valence-corrected chi connectivity index (χ3v) is 5.55. The second kappa shape index (κ2) is 7.32. The highest BCUT2D eigenvalue weighted by Gasteiger charge is 2.21. The SMILES string of the molecule is COC(=O)c1ccc(/C=N/c2nc3c(s2)CCc2cc(OC)ccc2-3)cc1. The van der Waals surface area contributed by atoms with Crippen LogP contribution < -0.4 is 4.74 Å². The van der Waals surface area contributed by atoms with E-state index in [2.05, 4.69) is 17.1 Å². The van der Waals surface area contributed by atoms with Gasteiger partial charge in [-0.05, 0) is 54.3 Å². The van der Waals surface area contributed by atoms with Gasteiger partial charge in [-0.3, -0.25) is 0 Å². The first-order valence-electron chi connectivity index (χ1n) is 8.57. The topological polar surface area (TPSA) is 60.8 Å². The van der Waals surface area contributed by atoms with E-state index < -0.39 is 0 Å². The van der Waals surface area contributed by atoms with Crippen molar-refractivity contribution in [2.75, 3.05) is 14.2 Å². The molecule has 0 unspecified atom stereocenters. The molecule has 4 rings (SSSR count). The van der Waals surface area contributed by atoms with E-state index in [-0.39, 0.29) is 5.97 Å². The molecule has 0 N–H and O–H groups in total. The van der Waals surface area contributed by atoms with Gasteiger partial charge in [0.2, 0.25) is 5.13 Å². The summed E-state index contributed by atoms with van der Waals surface area (Å²) >= 11 is 1.63. The summed E-state index contributed by atoms with van der Waals surface area (Å²) in [4.78, 5) is 22.0. The molecule has 1 aromatic heterocycles. The number of methoxy groups -OCH3 is 2. The van der Waals surface area contributed by atoms with E-state index in [4.69, 9.17) is 14.5 Å². The van der Waals surface area contributed by atoms with Gasteiger partial charge in [0.1, 0.15) is 5.75 Å². The molecule has 1 aliphatic rings. The summed E-state index contributed by atoms with van der Waals surface area (Å²) in [6, 6.07) is 13.3. The van der Waals surface area contributed by atoms with Gasteiger partial charge in [0.15, 0.2) is 0 Å². The Morgan fingerprint density at radius 3 is 2.70 bits per heavy atom. The summed E-state index contributed by atoms with van der Waals surface area (Å²) in [6.07, 6.45) is 3.72. The zero-order valence-electron chi connectivity index (χ0n) is 15.1. The van der Waals surface area contributed by atoms with Crippen LogP contribution in [0.3, 0.4) is 0 Å². The van der Waals surface area contributed by atoms with Crippen LogP contribution in [0.4, 0.5) is 5.13 Å². The number of carbonyl (C=O) groups is 1. The van der Waals surface area contributed by atoms with E-state index in [0.29, 0.717) is 5.56 Å². The van der Waals surface area contributed by atoms with Crippen molar-refractivity contribution in [1.82, 2.24) is 4.98 Å². The number of rotatable bonds is 4.